The molecule has 2 aromatic heterocycles. The predicted octanol–water partition coefficient (Wildman–Crippen LogP) is 5.44. The van der Waals surface area contributed by atoms with Crippen LogP contribution in [0.3, 0.4) is 0 Å². The van der Waals surface area contributed by atoms with Crippen molar-refractivity contribution in [3.05, 3.63) is 71.8 Å². The summed E-state index contributed by atoms with van der Waals surface area (Å²) in [5, 5.41) is 18.5. The van der Waals surface area contributed by atoms with Gasteiger partial charge in [-0.25, -0.2) is 14.1 Å². The van der Waals surface area contributed by atoms with E-state index in [4.69, 9.17) is 4.98 Å². The van der Waals surface area contributed by atoms with Gasteiger partial charge >= 0.3 is 6.18 Å². The molecule has 0 aliphatic carbocycles. The summed E-state index contributed by atoms with van der Waals surface area (Å²) in [6, 6.07) is 14.0. The van der Waals surface area contributed by atoms with Crippen molar-refractivity contribution < 1.29 is 22.7 Å². The fourth-order valence-corrected chi connectivity index (χ4v) is 4.61. The van der Waals surface area contributed by atoms with E-state index in [0.29, 0.717) is 0 Å². The minimum absolute atomic E-state index is 0.155. The average Bonchev–Trinajstić information content (AvgIpc) is 3.55. The number of nitrogens with zero attached hydrogens (tertiary/aromatic N) is 5. The Morgan fingerprint density at radius 3 is 2.39 bits per heavy atom. The molecule has 1 saturated heterocycles. The van der Waals surface area contributed by atoms with Crippen LogP contribution in [-0.4, -0.2) is 44.4 Å². The number of rotatable bonds is 6. The van der Waals surface area contributed by atoms with Crippen LogP contribution >= 0.6 is 0 Å². The van der Waals surface area contributed by atoms with Gasteiger partial charge in [-0.1, -0.05) is 36.4 Å². The summed E-state index contributed by atoms with van der Waals surface area (Å²) in [5.74, 6) is 0.518. The first kappa shape index (κ1) is 24.2. The fourth-order valence-electron chi connectivity index (χ4n) is 4.61. The third kappa shape index (κ3) is 4.41. The molecule has 0 bridgehead atoms. The molecule has 0 radical (unpaired) electrons. The first-order valence-corrected chi connectivity index (χ1v) is 11.8. The smallest absolute Gasteiger partial charge is 0.375 e. The van der Waals surface area contributed by atoms with Crippen molar-refractivity contribution in [3.63, 3.8) is 0 Å². The van der Waals surface area contributed by atoms with Crippen molar-refractivity contribution in [2.45, 2.75) is 44.5 Å². The zero-order chi connectivity index (χ0) is 25.5. The molecule has 3 heterocycles. The van der Waals surface area contributed by atoms with Crippen LogP contribution < -0.4 is 4.90 Å². The van der Waals surface area contributed by atoms with Crippen molar-refractivity contribution in [3.8, 4) is 11.1 Å². The van der Waals surface area contributed by atoms with Crippen LogP contribution in [0.1, 0.15) is 37.4 Å². The number of aliphatic hydroxyl groups is 1. The van der Waals surface area contributed by atoms with Gasteiger partial charge in [0.1, 0.15) is 17.3 Å². The molecule has 0 spiro atoms. The van der Waals surface area contributed by atoms with Gasteiger partial charge < -0.3 is 10.0 Å². The standard InChI is InChI=1S/C26H25F4N5O/c1-2-25(36,26(28,29)30)23-16-35(33-32-23)15-17-5-10-20-21(18-6-8-19(27)9-7-18)14-24(31-22(20)13-17)34-11-3-4-12-34/h5-10,13-14,16,36H,2-4,11-12,15H2,1H3. The SMILES string of the molecule is CCC(O)(c1cn(Cc2ccc3c(-c4ccc(F)cc4)cc(N4CCCC4)nc3c2)nn1)C(F)(F)F. The lowest BCUT2D eigenvalue weighted by molar-refractivity contribution is -0.269. The summed E-state index contributed by atoms with van der Waals surface area (Å²) in [4.78, 5) is 7.08. The molecule has 1 fully saturated rings. The number of benzene rings is 2. The lowest BCUT2D eigenvalue weighted by atomic mass is 9.96. The van der Waals surface area contributed by atoms with Crippen LogP contribution in [0.5, 0.6) is 0 Å². The lowest BCUT2D eigenvalue weighted by Gasteiger charge is -2.26. The van der Waals surface area contributed by atoms with Gasteiger partial charge in [0.15, 0.2) is 0 Å². The molecular formula is C26H25F4N5O. The summed E-state index contributed by atoms with van der Waals surface area (Å²) in [6.45, 7) is 3.21. The second kappa shape index (κ2) is 9.16. The largest absolute Gasteiger partial charge is 0.423 e. The molecule has 36 heavy (non-hydrogen) atoms. The van der Waals surface area contributed by atoms with E-state index in [1.54, 1.807) is 12.1 Å². The zero-order valence-electron chi connectivity index (χ0n) is 19.6. The molecule has 1 aliphatic heterocycles. The Balaban J connectivity index is 1.52. The Hall–Kier alpha value is -3.53. The van der Waals surface area contributed by atoms with E-state index in [2.05, 4.69) is 15.2 Å². The second-order valence-corrected chi connectivity index (χ2v) is 9.09. The maximum atomic E-state index is 13.6. The van der Waals surface area contributed by atoms with Gasteiger partial charge in [-0.05, 0) is 60.2 Å². The number of hydrogen-bond donors (Lipinski definition) is 1. The van der Waals surface area contributed by atoms with Crippen LogP contribution in [0.25, 0.3) is 22.0 Å². The van der Waals surface area contributed by atoms with Gasteiger partial charge in [0.05, 0.1) is 18.3 Å². The average molecular weight is 500 g/mol. The molecule has 188 valence electrons. The topological polar surface area (TPSA) is 67.1 Å². The Morgan fingerprint density at radius 1 is 1.00 bits per heavy atom. The molecule has 1 aliphatic rings. The minimum Gasteiger partial charge on any atom is -0.375 e. The van der Waals surface area contributed by atoms with Gasteiger partial charge in [0.25, 0.3) is 0 Å². The molecule has 2 aromatic carbocycles. The van der Waals surface area contributed by atoms with Gasteiger partial charge in [0, 0.05) is 18.5 Å². The van der Waals surface area contributed by atoms with Crippen LogP contribution in [0.4, 0.5) is 23.4 Å². The fraction of sp³-hybridized carbons (Fsp3) is 0.346. The van der Waals surface area contributed by atoms with Crippen LogP contribution in [0, 0.1) is 5.82 Å². The molecule has 1 unspecified atom stereocenters. The van der Waals surface area contributed by atoms with Crippen molar-refractivity contribution in [2.24, 2.45) is 0 Å². The molecule has 10 heteroatoms. The highest BCUT2D eigenvalue weighted by atomic mass is 19.4. The van der Waals surface area contributed by atoms with E-state index in [-0.39, 0.29) is 12.4 Å². The quantitative estimate of drug-likeness (QED) is 0.358. The van der Waals surface area contributed by atoms with Crippen molar-refractivity contribution >= 4 is 16.7 Å². The number of pyridine rings is 1. The maximum Gasteiger partial charge on any atom is 0.423 e. The van der Waals surface area contributed by atoms with Crippen molar-refractivity contribution in [2.75, 3.05) is 18.0 Å². The zero-order valence-corrected chi connectivity index (χ0v) is 19.6. The van der Waals surface area contributed by atoms with E-state index in [9.17, 15) is 22.7 Å². The summed E-state index contributed by atoms with van der Waals surface area (Å²) >= 11 is 0. The summed E-state index contributed by atoms with van der Waals surface area (Å²) in [6.07, 6.45) is -2.14. The molecule has 1 N–H and O–H groups in total. The lowest BCUT2D eigenvalue weighted by Crippen LogP contribution is -2.42. The summed E-state index contributed by atoms with van der Waals surface area (Å²) in [5.41, 5.74) is -0.311. The van der Waals surface area contributed by atoms with Crippen molar-refractivity contribution in [1.82, 2.24) is 20.0 Å². The van der Waals surface area contributed by atoms with Crippen molar-refractivity contribution in [1.29, 1.82) is 0 Å². The Labute approximate surface area is 205 Å². The van der Waals surface area contributed by atoms with Crippen LogP contribution in [-0.2, 0) is 12.1 Å². The summed E-state index contributed by atoms with van der Waals surface area (Å²) < 4.78 is 55.0. The molecule has 5 rings (SSSR count). The van der Waals surface area contributed by atoms with E-state index in [0.717, 1.165) is 65.5 Å². The van der Waals surface area contributed by atoms with Gasteiger partial charge in [-0.15, -0.1) is 5.10 Å². The Morgan fingerprint density at radius 2 is 1.72 bits per heavy atom. The minimum atomic E-state index is -4.86. The van der Waals surface area contributed by atoms with E-state index in [1.165, 1.54) is 23.7 Å². The van der Waals surface area contributed by atoms with E-state index < -0.39 is 23.9 Å². The highest BCUT2D eigenvalue weighted by molar-refractivity contribution is 5.96. The molecule has 0 saturated carbocycles. The Kier molecular flexibility index (Phi) is 6.15. The molecule has 4 aromatic rings. The first-order chi connectivity index (χ1) is 17.2. The number of aromatic nitrogens is 4. The third-order valence-corrected chi connectivity index (χ3v) is 6.73. The number of anilines is 1. The number of fused-ring (bicyclic) bond motifs is 1. The summed E-state index contributed by atoms with van der Waals surface area (Å²) in [7, 11) is 0. The normalized spacial score (nSPS) is 16.0. The number of hydrogen-bond acceptors (Lipinski definition) is 5. The first-order valence-electron chi connectivity index (χ1n) is 11.8. The highest BCUT2D eigenvalue weighted by Gasteiger charge is 2.55. The Bertz CT molecular complexity index is 1380. The van der Waals surface area contributed by atoms with E-state index in [1.807, 2.05) is 24.3 Å². The second-order valence-electron chi connectivity index (χ2n) is 9.09. The monoisotopic (exact) mass is 499 g/mol. The number of alkyl halides is 3. The third-order valence-electron chi connectivity index (χ3n) is 6.73. The van der Waals surface area contributed by atoms with E-state index >= 15 is 0 Å². The maximum absolute atomic E-state index is 13.6. The molecule has 6 nitrogen and oxygen atoms in total. The molecular weight excluding hydrogens is 474 g/mol. The van der Waals surface area contributed by atoms with Gasteiger partial charge in [-0.2, -0.15) is 13.2 Å². The molecule has 0 amide bonds. The molecule has 1 atom stereocenters. The van der Waals surface area contributed by atoms with Crippen LogP contribution in [0.2, 0.25) is 0 Å². The van der Waals surface area contributed by atoms with Crippen LogP contribution in [0.15, 0.2) is 54.7 Å². The predicted molar refractivity (Wildman–Crippen MR) is 128 cm³/mol. The highest BCUT2D eigenvalue weighted by Crippen LogP contribution is 2.40. The van der Waals surface area contributed by atoms with Gasteiger partial charge in [-0.3, -0.25) is 0 Å². The number of halogens is 4. The van der Waals surface area contributed by atoms with Gasteiger partial charge in [0.2, 0.25) is 5.60 Å².